The van der Waals surface area contributed by atoms with E-state index in [1.54, 1.807) is 26.0 Å². The fourth-order valence-electron chi connectivity index (χ4n) is 3.15. The molecule has 1 aliphatic rings. The molecule has 24 heavy (non-hydrogen) atoms. The van der Waals surface area contributed by atoms with Gasteiger partial charge in [-0.05, 0) is 51.7 Å². The molecule has 6 nitrogen and oxygen atoms in total. The van der Waals surface area contributed by atoms with Gasteiger partial charge in [-0.15, -0.1) is 0 Å². The Balaban J connectivity index is 1.48. The highest BCUT2D eigenvalue weighted by atomic mass is 16.3. The first-order valence-electron chi connectivity index (χ1n) is 8.24. The molecule has 0 spiro atoms. The van der Waals surface area contributed by atoms with Crippen LogP contribution in [0.4, 0.5) is 0 Å². The van der Waals surface area contributed by atoms with Gasteiger partial charge in [-0.25, -0.2) is 0 Å². The lowest BCUT2D eigenvalue weighted by Gasteiger charge is -2.29. The first-order chi connectivity index (χ1) is 11.5. The van der Waals surface area contributed by atoms with E-state index < -0.39 is 0 Å². The fourth-order valence-corrected chi connectivity index (χ4v) is 3.15. The molecule has 0 atom stereocenters. The molecule has 0 bridgehead atoms. The zero-order valence-corrected chi connectivity index (χ0v) is 13.9. The molecule has 0 unspecified atom stereocenters. The summed E-state index contributed by atoms with van der Waals surface area (Å²) in [5, 5.41) is 6.09. The van der Waals surface area contributed by atoms with Crippen molar-refractivity contribution in [1.82, 2.24) is 10.6 Å². The predicted octanol–water partition coefficient (Wildman–Crippen LogP) is 2.96. The summed E-state index contributed by atoms with van der Waals surface area (Å²) in [6.07, 6.45) is 6.43. The molecule has 0 aromatic carbocycles. The van der Waals surface area contributed by atoms with Crippen LogP contribution in [0.5, 0.6) is 0 Å². The summed E-state index contributed by atoms with van der Waals surface area (Å²) in [4.78, 5) is 24.4. The molecule has 1 saturated carbocycles. The molecule has 0 aliphatic heterocycles. The summed E-state index contributed by atoms with van der Waals surface area (Å²) < 4.78 is 10.3. The maximum Gasteiger partial charge on any atom is 0.255 e. The second kappa shape index (κ2) is 6.95. The van der Waals surface area contributed by atoms with Crippen LogP contribution in [0, 0.1) is 13.8 Å². The monoisotopic (exact) mass is 330 g/mol. The second-order valence-corrected chi connectivity index (χ2v) is 6.28. The largest absolute Gasteiger partial charge is 0.469 e. The number of aryl methyl sites for hydroxylation is 2. The Morgan fingerprint density at radius 3 is 1.50 bits per heavy atom. The van der Waals surface area contributed by atoms with Crippen molar-refractivity contribution < 1.29 is 18.4 Å². The summed E-state index contributed by atoms with van der Waals surface area (Å²) in [6, 6.07) is 3.64. The zero-order chi connectivity index (χ0) is 17.1. The lowest BCUT2D eigenvalue weighted by Crippen LogP contribution is -2.43. The molecule has 2 N–H and O–H groups in total. The smallest absolute Gasteiger partial charge is 0.255 e. The molecule has 2 aromatic heterocycles. The van der Waals surface area contributed by atoms with Gasteiger partial charge in [-0.1, -0.05) is 0 Å². The Kier molecular flexibility index (Phi) is 4.74. The van der Waals surface area contributed by atoms with E-state index in [1.807, 2.05) is 0 Å². The van der Waals surface area contributed by atoms with Gasteiger partial charge in [0.05, 0.1) is 23.7 Å². The van der Waals surface area contributed by atoms with E-state index in [4.69, 9.17) is 8.83 Å². The Morgan fingerprint density at radius 2 is 1.21 bits per heavy atom. The van der Waals surface area contributed by atoms with Crippen LogP contribution in [0.1, 0.15) is 57.9 Å². The van der Waals surface area contributed by atoms with Gasteiger partial charge in [-0.3, -0.25) is 9.59 Å². The second-order valence-electron chi connectivity index (χ2n) is 6.28. The summed E-state index contributed by atoms with van der Waals surface area (Å²) >= 11 is 0. The number of furan rings is 2. The van der Waals surface area contributed by atoms with Crippen molar-refractivity contribution in [3.63, 3.8) is 0 Å². The number of nitrogens with one attached hydrogen (secondary N) is 2. The molecular formula is C18H22N2O4. The van der Waals surface area contributed by atoms with Gasteiger partial charge in [0.2, 0.25) is 0 Å². The average molecular weight is 330 g/mol. The molecule has 0 saturated heterocycles. The molecule has 128 valence electrons. The Morgan fingerprint density at radius 1 is 0.833 bits per heavy atom. The van der Waals surface area contributed by atoms with E-state index in [2.05, 4.69) is 10.6 Å². The standard InChI is InChI=1S/C18H22N2O4/c1-11-15(7-9-23-11)17(21)19-13-3-5-14(6-4-13)20-18(22)16-8-10-24-12(16)2/h7-10,13-14H,3-6H2,1-2H3,(H,19,21)(H,20,22). The SMILES string of the molecule is Cc1occc1C(=O)NC1CCC(NC(=O)c2ccoc2C)CC1. The quantitative estimate of drug-likeness (QED) is 0.902. The maximum absolute atomic E-state index is 12.2. The lowest BCUT2D eigenvalue weighted by molar-refractivity contribution is 0.0890. The minimum Gasteiger partial charge on any atom is -0.469 e. The predicted molar refractivity (Wildman–Crippen MR) is 87.9 cm³/mol. The van der Waals surface area contributed by atoms with Crippen molar-refractivity contribution >= 4 is 11.8 Å². The van der Waals surface area contributed by atoms with Crippen molar-refractivity contribution in [3.05, 3.63) is 47.3 Å². The summed E-state index contributed by atoms with van der Waals surface area (Å²) in [5.74, 6) is 1.07. The van der Waals surface area contributed by atoms with Crippen LogP contribution in [0.15, 0.2) is 33.5 Å². The van der Waals surface area contributed by atoms with Gasteiger partial charge < -0.3 is 19.5 Å². The van der Waals surface area contributed by atoms with E-state index in [9.17, 15) is 9.59 Å². The maximum atomic E-state index is 12.2. The number of rotatable bonds is 4. The number of hydrogen-bond donors (Lipinski definition) is 2. The molecule has 1 aliphatic carbocycles. The number of hydrogen-bond acceptors (Lipinski definition) is 4. The minimum absolute atomic E-state index is 0.0947. The Labute approximate surface area is 140 Å². The molecule has 2 heterocycles. The van der Waals surface area contributed by atoms with Crippen molar-refractivity contribution in [2.75, 3.05) is 0 Å². The number of amides is 2. The van der Waals surface area contributed by atoms with Gasteiger partial charge in [0.15, 0.2) is 0 Å². The average Bonchev–Trinajstić information content (AvgIpc) is 3.17. The molecule has 3 rings (SSSR count). The number of carbonyl (C=O) groups is 2. The summed E-state index contributed by atoms with van der Waals surface area (Å²) in [6.45, 7) is 3.55. The highest BCUT2D eigenvalue weighted by Crippen LogP contribution is 2.20. The Bertz CT molecular complexity index is 661. The molecule has 0 radical (unpaired) electrons. The van der Waals surface area contributed by atoms with Gasteiger partial charge in [0.1, 0.15) is 11.5 Å². The molecule has 2 amide bonds. The van der Waals surface area contributed by atoms with Gasteiger partial charge >= 0.3 is 0 Å². The van der Waals surface area contributed by atoms with Crippen LogP contribution in [-0.2, 0) is 0 Å². The van der Waals surface area contributed by atoms with E-state index in [0.29, 0.717) is 22.6 Å². The minimum atomic E-state index is -0.0947. The van der Waals surface area contributed by atoms with Crippen LogP contribution in [-0.4, -0.2) is 23.9 Å². The van der Waals surface area contributed by atoms with Crippen molar-refractivity contribution in [2.45, 2.75) is 51.6 Å². The van der Waals surface area contributed by atoms with Crippen LogP contribution < -0.4 is 10.6 Å². The van der Waals surface area contributed by atoms with Crippen LogP contribution >= 0.6 is 0 Å². The number of carbonyl (C=O) groups excluding carboxylic acids is 2. The van der Waals surface area contributed by atoms with Crippen LogP contribution in [0.3, 0.4) is 0 Å². The van der Waals surface area contributed by atoms with Gasteiger partial charge in [-0.2, -0.15) is 0 Å². The van der Waals surface area contributed by atoms with E-state index in [1.165, 1.54) is 12.5 Å². The molecule has 1 fully saturated rings. The Hall–Kier alpha value is -2.50. The first-order valence-corrected chi connectivity index (χ1v) is 8.24. The van der Waals surface area contributed by atoms with E-state index in [-0.39, 0.29) is 23.9 Å². The van der Waals surface area contributed by atoms with E-state index in [0.717, 1.165) is 25.7 Å². The third-order valence-electron chi connectivity index (χ3n) is 4.60. The normalized spacial score (nSPS) is 20.6. The van der Waals surface area contributed by atoms with Crippen LogP contribution in [0.25, 0.3) is 0 Å². The molecule has 2 aromatic rings. The lowest BCUT2D eigenvalue weighted by atomic mass is 9.90. The van der Waals surface area contributed by atoms with E-state index >= 15 is 0 Å². The van der Waals surface area contributed by atoms with Crippen molar-refractivity contribution in [1.29, 1.82) is 0 Å². The molecular weight excluding hydrogens is 308 g/mol. The van der Waals surface area contributed by atoms with Crippen LogP contribution in [0.2, 0.25) is 0 Å². The van der Waals surface area contributed by atoms with Crippen molar-refractivity contribution in [2.24, 2.45) is 0 Å². The molecule has 6 heteroatoms. The van der Waals surface area contributed by atoms with Crippen molar-refractivity contribution in [3.8, 4) is 0 Å². The third kappa shape index (κ3) is 3.53. The van der Waals surface area contributed by atoms with Gasteiger partial charge in [0, 0.05) is 12.1 Å². The third-order valence-corrected chi connectivity index (χ3v) is 4.60. The topological polar surface area (TPSA) is 84.5 Å². The zero-order valence-electron chi connectivity index (χ0n) is 13.9. The highest BCUT2D eigenvalue weighted by molar-refractivity contribution is 5.95. The van der Waals surface area contributed by atoms with Gasteiger partial charge in [0.25, 0.3) is 11.8 Å². The summed E-state index contributed by atoms with van der Waals surface area (Å²) in [7, 11) is 0. The first kappa shape index (κ1) is 16.4. The summed E-state index contributed by atoms with van der Waals surface area (Å²) in [5.41, 5.74) is 1.17. The highest BCUT2D eigenvalue weighted by Gasteiger charge is 2.25. The fraction of sp³-hybridized carbons (Fsp3) is 0.444.